The second kappa shape index (κ2) is 4.86. The summed E-state index contributed by atoms with van der Waals surface area (Å²) in [5.74, 6) is 1.06. The highest BCUT2D eigenvalue weighted by molar-refractivity contribution is 7.99. The van der Waals surface area contributed by atoms with E-state index in [0.29, 0.717) is 11.1 Å². The Morgan fingerprint density at radius 3 is 2.56 bits per heavy atom. The van der Waals surface area contributed by atoms with Crippen LogP contribution in [0.3, 0.4) is 0 Å². The Bertz CT molecular complexity index is 570. The quantitative estimate of drug-likeness (QED) is 0.784. The van der Waals surface area contributed by atoms with Crippen LogP contribution in [0.15, 0.2) is 40.3 Å². The summed E-state index contributed by atoms with van der Waals surface area (Å²) in [5.41, 5.74) is 0. The van der Waals surface area contributed by atoms with Crippen molar-refractivity contribution in [2.24, 2.45) is 0 Å². The van der Waals surface area contributed by atoms with Crippen LogP contribution in [-0.4, -0.2) is 9.97 Å². The van der Waals surface area contributed by atoms with Crippen LogP contribution in [0.2, 0.25) is 5.15 Å². The third-order valence-electron chi connectivity index (χ3n) is 2.67. The SMILES string of the molecule is Fc1ccc(Sc2cc(Cl)nc(C3CC3)n2)cc1. The maximum absolute atomic E-state index is 12.8. The van der Waals surface area contributed by atoms with Crippen molar-refractivity contribution in [3.05, 3.63) is 47.1 Å². The number of hydrogen-bond acceptors (Lipinski definition) is 3. The minimum atomic E-state index is -0.237. The summed E-state index contributed by atoms with van der Waals surface area (Å²) in [6.07, 6.45) is 2.28. The fraction of sp³-hybridized carbons (Fsp3) is 0.231. The van der Waals surface area contributed by atoms with E-state index < -0.39 is 0 Å². The number of halogens is 2. The van der Waals surface area contributed by atoms with Gasteiger partial charge >= 0.3 is 0 Å². The van der Waals surface area contributed by atoms with Gasteiger partial charge in [-0.25, -0.2) is 14.4 Å². The molecule has 0 unspecified atom stereocenters. The van der Waals surface area contributed by atoms with Crippen LogP contribution in [0.5, 0.6) is 0 Å². The summed E-state index contributed by atoms with van der Waals surface area (Å²) < 4.78 is 12.8. The maximum Gasteiger partial charge on any atom is 0.134 e. The van der Waals surface area contributed by atoms with E-state index in [4.69, 9.17) is 11.6 Å². The van der Waals surface area contributed by atoms with Gasteiger partial charge in [-0.2, -0.15) is 0 Å². The van der Waals surface area contributed by atoms with Gasteiger partial charge in [0.2, 0.25) is 0 Å². The van der Waals surface area contributed by atoms with Gasteiger partial charge in [-0.3, -0.25) is 0 Å². The Labute approximate surface area is 114 Å². The molecule has 5 heteroatoms. The second-order valence-corrected chi connectivity index (χ2v) is 5.70. The molecule has 92 valence electrons. The molecule has 0 radical (unpaired) electrons. The van der Waals surface area contributed by atoms with E-state index in [1.807, 2.05) is 0 Å². The van der Waals surface area contributed by atoms with E-state index in [-0.39, 0.29) is 5.82 Å². The molecule has 2 aromatic rings. The number of nitrogens with zero attached hydrogens (tertiary/aromatic N) is 2. The van der Waals surface area contributed by atoms with E-state index in [1.165, 1.54) is 23.9 Å². The predicted molar refractivity (Wildman–Crippen MR) is 69.5 cm³/mol. The summed E-state index contributed by atoms with van der Waals surface area (Å²) in [6.45, 7) is 0. The monoisotopic (exact) mass is 280 g/mol. The first-order chi connectivity index (χ1) is 8.70. The lowest BCUT2D eigenvalue weighted by atomic mass is 10.4. The molecule has 1 saturated carbocycles. The Hall–Kier alpha value is -1.13. The molecule has 3 rings (SSSR count). The summed E-state index contributed by atoms with van der Waals surface area (Å²) >= 11 is 7.46. The van der Waals surface area contributed by atoms with Crippen LogP contribution in [0.4, 0.5) is 4.39 Å². The molecular formula is C13H10ClFN2S. The molecule has 1 aliphatic carbocycles. The van der Waals surface area contributed by atoms with Gasteiger partial charge in [0.05, 0.1) is 0 Å². The van der Waals surface area contributed by atoms with Gasteiger partial charge in [0, 0.05) is 16.9 Å². The molecule has 1 aromatic heterocycles. The zero-order valence-electron chi connectivity index (χ0n) is 9.44. The van der Waals surface area contributed by atoms with Crippen LogP contribution in [0, 0.1) is 5.82 Å². The third kappa shape index (κ3) is 2.82. The number of benzene rings is 1. The molecule has 1 aliphatic rings. The fourth-order valence-corrected chi connectivity index (χ4v) is 2.69. The van der Waals surface area contributed by atoms with Gasteiger partial charge in [0.1, 0.15) is 21.8 Å². The summed E-state index contributed by atoms with van der Waals surface area (Å²) in [4.78, 5) is 9.66. The van der Waals surface area contributed by atoms with Crippen LogP contribution in [0.25, 0.3) is 0 Å². The highest BCUT2D eigenvalue weighted by atomic mass is 35.5. The lowest BCUT2D eigenvalue weighted by Crippen LogP contribution is -1.94. The first-order valence-corrected chi connectivity index (χ1v) is 6.88. The molecule has 1 fully saturated rings. The average Bonchev–Trinajstić information content (AvgIpc) is 3.15. The number of aromatic nitrogens is 2. The van der Waals surface area contributed by atoms with Gasteiger partial charge in [-0.1, -0.05) is 23.4 Å². The van der Waals surface area contributed by atoms with Gasteiger partial charge in [-0.15, -0.1) is 0 Å². The van der Waals surface area contributed by atoms with E-state index in [0.717, 1.165) is 28.6 Å². The molecule has 0 saturated heterocycles. The van der Waals surface area contributed by atoms with Crippen molar-refractivity contribution in [2.45, 2.75) is 28.7 Å². The molecule has 0 atom stereocenters. The van der Waals surface area contributed by atoms with Crippen LogP contribution < -0.4 is 0 Å². The molecular weight excluding hydrogens is 271 g/mol. The lowest BCUT2D eigenvalue weighted by molar-refractivity contribution is 0.626. The van der Waals surface area contributed by atoms with Crippen molar-refractivity contribution in [1.82, 2.24) is 9.97 Å². The zero-order valence-corrected chi connectivity index (χ0v) is 11.0. The van der Waals surface area contributed by atoms with Gasteiger partial charge in [0.25, 0.3) is 0 Å². The van der Waals surface area contributed by atoms with Gasteiger partial charge < -0.3 is 0 Å². The number of rotatable bonds is 3. The predicted octanol–water partition coefficient (Wildman–Crippen LogP) is 4.30. The first-order valence-electron chi connectivity index (χ1n) is 5.68. The fourth-order valence-electron chi connectivity index (χ4n) is 1.61. The molecule has 1 heterocycles. The Morgan fingerprint density at radius 1 is 1.17 bits per heavy atom. The molecule has 0 spiro atoms. The Balaban J connectivity index is 1.85. The topological polar surface area (TPSA) is 25.8 Å². The standard InChI is InChI=1S/C13H10ClFN2S/c14-11-7-12(17-13(16-11)8-1-2-8)18-10-5-3-9(15)4-6-10/h3-8H,1-2H2. The molecule has 0 bridgehead atoms. The van der Waals surface area contributed by atoms with Crippen LogP contribution >= 0.6 is 23.4 Å². The van der Waals surface area contributed by atoms with E-state index >= 15 is 0 Å². The first kappa shape index (κ1) is 11.9. The van der Waals surface area contributed by atoms with Crippen molar-refractivity contribution in [3.63, 3.8) is 0 Å². The zero-order chi connectivity index (χ0) is 12.5. The second-order valence-electron chi connectivity index (χ2n) is 4.22. The van der Waals surface area contributed by atoms with Crippen LogP contribution in [-0.2, 0) is 0 Å². The van der Waals surface area contributed by atoms with E-state index in [2.05, 4.69) is 9.97 Å². The molecule has 2 nitrogen and oxygen atoms in total. The Morgan fingerprint density at radius 2 is 1.89 bits per heavy atom. The molecule has 0 aliphatic heterocycles. The molecule has 1 aromatic carbocycles. The van der Waals surface area contributed by atoms with E-state index in [9.17, 15) is 4.39 Å². The van der Waals surface area contributed by atoms with Gasteiger partial charge in [0.15, 0.2) is 0 Å². The van der Waals surface area contributed by atoms with E-state index in [1.54, 1.807) is 18.2 Å². The third-order valence-corrected chi connectivity index (χ3v) is 3.79. The lowest BCUT2D eigenvalue weighted by Gasteiger charge is -2.04. The van der Waals surface area contributed by atoms with Crippen molar-refractivity contribution in [3.8, 4) is 0 Å². The van der Waals surface area contributed by atoms with Crippen molar-refractivity contribution < 1.29 is 4.39 Å². The normalized spacial score (nSPS) is 14.8. The minimum Gasteiger partial charge on any atom is -0.226 e. The van der Waals surface area contributed by atoms with Crippen LogP contribution in [0.1, 0.15) is 24.6 Å². The maximum atomic E-state index is 12.8. The smallest absolute Gasteiger partial charge is 0.134 e. The van der Waals surface area contributed by atoms with Crippen molar-refractivity contribution in [1.29, 1.82) is 0 Å². The number of hydrogen-bond donors (Lipinski definition) is 0. The molecule has 0 N–H and O–H groups in total. The van der Waals surface area contributed by atoms with Gasteiger partial charge in [-0.05, 0) is 37.1 Å². The summed E-state index contributed by atoms with van der Waals surface area (Å²) in [6, 6.07) is 8.07. The molecule has 18 heavy (non-hydrogen) atoms. The minimum absolute atomic E-state index is 0.237. The summed E-state index contributed by atoms with van der Waals surface area (Å²) in [7, 11) is 0. The Kier molecular flexibility index (Phi) is 3.22. The summed E-state index contributed by atoms with van der Waals surface area (Å²) in [5, 5.41) is 1.28. The highest BCUT2D eigenvalue weighted by Gasteiger charge is 2.27. The average molecular weight is 281 g/mol. The molecule has 0 amide bonds. The van der Waals surface area contributed by atoms with Crippen molar-refractivity contribution in [2.75, 3.05) is 0 Å². The largest absolute Gasteiger partial charge is 0.226 e. The van der Waals surface area contributed by atoms with Crippen molar-refractivity contribution >= 4 is 23.4 Å². The highest BCUT2D eigenvalue weighted by Crippen LogP contribution is 2.39.